The highest BCUT2D eigenvalue weighted by molar-refractivity contribution is 5.78. The minimum Gasteiger partial charge on any atom is -0.497 e. The molecule has 1 heterocycles. The number of nitrogens with one attached hydrogen (secondary N) is 1. The van der Waals surface area contributed by atoms with Gasteiger partial charge in [0.25, 0.3) is 0 Å². The van der Waals surface area contributed by atoms with Gasteiger partial charge in [0.05, 0.1) is 7.11 Å². The van der Waals surface area contributed by atoms with Gasteiger partial charge in [0.1, 0.15) is 5.75 Å². The van der Waals surface area contributed by atoms with Crippen LogP contribution in [-0.4, -0.2) is 61.1 Å². The minimum absolute atomic E-state index is 0.0281. The Kier molecular flexibility index (Phi) is 6.36. The molecule has 0 radical (unpaired) electrons. The molecule has 142 valence electrons. The summed E-state index contributed by atoms with van der Waals surface area (Å²) in [5.74, 6) is 0.973. The smallest absolute Gasteiger partial charge is 0.317 e. The van der Waals surface area contributed by atoms with E-state index in [1.165, 1.54) is 12.8 Å². The summed E-state index contributed by atoms with van der Waals surface area (Å²) < 4.78 is 5.22. The third-order valence-electron chi connectivity index (χ3n) is 5.36. The van der Waals surface area contributed by atoms with Crippen molar-refractivity contribution in [2.45, 2.75) is 44.6 Å². The van der Waals surface area contributed by atoms with Gasteiger partial charge in [-0.05, 0) is 37.0 Å². The van der Waals surface area contributed by atoms with Crippen molar-refractivity contribution >= 4 is 11.9 Å². The van der Waals surface area contributed by atoms with Gasteiger partial charge in [0, 0.05) is 38.6 Å². The molecule has 1 aliphatic heterocycles. The number of hydrogen-bond acceptors (Lipinski definition) is 3. The van der Waals surface area contributed by atoms with Crippen LogP contribution in [0.2, 0.25) is 0 Å². The SMILES string of the molecule is COc1cccc(CCC(=O)N2CCN(C(=O)NC3CCCC3)CC2)c1. The molecule has 0 aromatic heterocycles. The lowest BCUT2D eigenvalue weighted by Crippen LogP contribution is -2.54. The van der Waals surface area contributed by atoms with E-state index in [0.29, 0.717) is 45.1 Å². The van der Waals surface area contributed by atoms with Crippen LogP contribution < -0.4 is 10.1 Å². The van der Waals surface area contributed by atoms with E-state index in [-0.39, 0.29) is 11.9 Å². The fourth-order valence-corrected chi connectivity index (χ4v) is 3.73. The van der Waals surface area contributed by atoms with Crippen molar-refractivity contribution in [1.82, 2.24) is 15.1 Å². The molecule has 0 atom stereocenters. The van der Waals surface area contributed by atoms with Crippen molar-refractivity contribution in [3.63, 3.8) is 0 Å². The Balaban J connectivity index is 1.40. The molecule has 1 aliphatic carbocycles. The molecule has 1 aromatic rings. The molecule has 6 heteroatoms. The number of carbonyl (C=O) groups excluding carboxylic acids is 2. The number of benzene rings is 1. The molecule has 0 bridgehead atoms. The third-order valence-corrected chi connectivity index (χ3v) is 5.36. The second kappa shape index (κ2) is 8.92. The van der Waals surface area contributed by atoms with Crippen LogP contribution in [0.5, 0.6) is 5.75 Å². The Labute approximate surface area is 155 Å². The van der Waals surface area contributed by atoms with Gasteiger partial charge in [-0.15, -0.1) is 0 Å². The molecule has 1 saturated carbocycles. The molecule has 2 fully saturated rings. The maximum Gasteiger partial charge on any atom is 0.317 e. The van der Waals surface area contributed by atoms with Crippen LogP contribution in [-0.2, 0) is 11.2 Å². The van der Waals surface area contributed by atoms with Crippen LogP contribution in [0.1, 0.15) is 37.7 Å². The number of urea groups is 1. The molecular formula is C20H29N3O3. The average molecular weight is 359 g/mol. The summed E-state index contributed by atoms with van der Waals surface area (Å²) >= 11 is 0. The summed E-state index contributed by atoms with van der Waals surface area (Å²) in [6.45, 7) is 2.47. The first-order chi connectivity index (χ1) is 12.7. The molecule has 3 amide bonds. The number of nitrogens with zero attached hydrogens (tertiary/aromatic N) is 2. The van der Waals surface area contributed by atoms with E-state index in [1.54, 1.807) is 7.11 Å². The monoisotopic (exact) mass is 359 g/mol. The van der Waals surface area contributed by atoms with E-state index in [1.807, 2.05) is 34.1 Å². The van der Waals surface area contributed by atoms with Gasteiger partial charge in [0.2, 0.25) is 5.91 Å². The van der Waals surface area contributed by atoms with Gasteiger partial charge >= 0.3 is 6.03 Å². The lowest BCUT2D eigenvalue weighted by molar-refractivity contribution is -0.132. The average Bonchev–Trinajstić information content (AvgIpc) is 3.19. The largest absolute Gasteiger partial charge is 0.497 e. The van der Waals surface area contributed by atoms with E-state index in [4.69, 9.17) is 4.74 Å². The lowest BCUT2D eigenvalue weighted by Gasteiger charge is -2.35. The number of carbonyl (C=O) groups is 2. The zero-order chi connectivity index (χ0) is 18.4. The summed E-state index contributed by atoms with van der Waals surface area (Å²) in [5.41, 5.74) is 1.10. The zero-order valence-electron chi connectivity index (χ0n) is 15.6. The molecule has 0 unspecified atom stereocenters. The second-order valence-corrected chi connectivity index (χ2v) is 7.15. The third kappa shape index (κ3) is 4.90. The molecule has 1 saturated heterocycles. The van der Waals surface area contributed by atoms with E-state index < -0.39 is 0 Å². The summed E-state index contributed by atoms with van der Waals surface area (Å²) in [7, 11) is 1.65. The molecule has 2 aliphatic rings. The molecule has 3 rings (SSSR count). The van der Waals surface area contributed by atoms with Crippen LogP contribution in [0, 0.1) is 0 Å². The second-order valence-electron chi connectivity index (χ2n) is 7.15. The maximum atomic E-state index is 12.5. The van der Waals surface area contributed by atoms with Gasteiger partial charge in [0.15, 0.2) is 0 Å². The Morgan fingerprint density at radius 2 is 1.81 bits per heavy atom. The number of hydrogen-bond donors (Lipinski definition) is 1. The summed E-state index contributed by atoms with van der Waals surface area (Å²) in [6, 6.07) is 8.20. The molecular weight excluding hydrogens is 330 g/mol. The number of rotatable bonds is 5. The molecule has 26 heavy (non-hydrogen) atoms. The Bertz CT molecular complexity index is 620. The van der Waals surface area contributed by atoms with Crippen LogP contribution in [0.25, 0.3) is 0 Å². The molecule has 1 N–H and O–H groups in total. The van der Waals surface area contributed by atoms with Crippen molar-refractivity contribution in [3.05, 3.63) is 29.8 Å². The quantitative estimate of drug-likeness (QED) is 0.878. The standard InChI is InChI=1S/C20H29N3O3/c1-26-18-8-4-5-16(15-18)9-10-19(24)22-11-13-23(14-12-22)20(25)21-17-6-2-3-7-17/h4-5,8,15,17H,2-3,6-7,9-14H2,1H3,(H,21,25). The fourth-order valence-electron chi connectivity index (χ4n) is 3.73. The first kappa shape index (κ1) is 18.5. The summed E-state index contributed by atoms with van der Waals surface area (Å²) in [6.07, 6.45) is 5.80. The zero-order valence-corrected chi connectivity index (χ0v) is 15.6. The lowest BCUT2D eigenvalue weighted by atomic mass is 10.1. The normalized spacial score (nSPS) is 18.0. The summed E-state index contributed by atoms with van der Waals surface area (Å²) in [5, 5.41) is 3.12. The Morgan fingerprint density at radius 1 is 1.12 bits per heavy atom. The van der Waals surface area contributed by atoms with Crippen molar-refractivity contribution in [2.24, 2.45) is 0 Å². The molecule has 1 aromatic carbocycles. The number of piperazine rings is 1. The van der Waals surface area contributed by atoms with E-state index in [2.05, 4.69) is 5.32 Å². The highest BCUT2D eigenvalue weighted by atomic mass is 16.5. The van der Waals surface area contributed by atoms with Crippen molar-refractivity contribution in [2.75, 3.05) is 33.3 Å². The van der Waals surface area contributed by atoms with Gasteiger partial charge in [-0.3, -0.25) is 4.79 Å². The first-order valence-electron chi connectivity index (χ1n) is 9.62. The van der Waals surface area contributed by atoms with Gasteiger partial charge < -0.3 is 19.9 Å². The maximum absolute atomic E-state index is 12.5. The van der Waals surface area contributed by atoms with Crippen molar-refractivity contribution in [3.8, 4) is 5.75 Å². The number of methoxy groups -OCH3 is 1. The minimum atomic E-state index is 0.0281. The number of ether oxygens (including phenoxy) is 1. The predicted octanol–water partition coefficient (Wildman–Crippen LogP) is 2.42. The van der Waals surface area contributed by atoms with Crippen LogP contribution in [0.3, 0.4) is 0 Å². The van der Waals surface area contributed by atoms with Gasteiger partial charge in [-0.2, -0.15) is 0 Å². The Hall–Kier alpha value is -2.24. The van der Waals surface area contributed by atoms with Gasteiger partial charge in [-0.1, -0.05) is 25.0 Å². The van der Waals surface area contributed by atoms with Crippen molar-refractivity contribution < 1.29 is 14.3 Å². The predicted molar refractivity (Wildman–Crippen MR) is 100 cm³/mol. The number of amides is 3. The fraction of sp³-hybridized carbons (Fsp3) is 0.600. The van der Waals surface area contributed by atoms with Crippen LogP contribution >= 0.6 is 0 Å². The topological polar surface area (TPSA) is 61.9 Å². The van der Waals surface area contributed by atoms with Crippen LogP contribution in [0.15, 0.2) is 24.3 Å². The number of aryl methyl sites for hydroxylation is 1. The summed E-state index contributed by atoms with van der Waals surface area (Å²) in [4.78, 5) is 28.5. The van der Waals surface area contributed by atoms with E-state index in [0.717, 1.165) is 24.2 Å². The Morgan fingerprint density at radius 3 is 2.50 bits per heavy atom. The first-order valence-corrected chi connectivity index (χ1v) is 9.62. The highest BCUT2D eigenvalue weighted by Gasteiger charge is 2.26. The molecule has 0 spiro atoms. The van der Waals surface area contributed by atoms with E-state index in [9.17, 15) is 9.59 Å². The highest BCUT2D eigenvalue weighted by Crippen LogP contribution is 2.18. The van der Waals surface area contributed by atoms with Gasteiger partial charge in [-0.25, -0.2) is 4.79 Å². The van der Waals surface area contributed by atoms with E-state index >= 15 is 0 Å². The van der Waals surface area contributed by atoms with Crippen molar-refractivity contribution in [1.29, 1.82) is 0 Å². The van der Waals surface area contributed by atoms with Crippen LogP contribution in [0.4, 0.5) is 4.79 Å². The molecule has 6 nitrogen and oxygen atoms in total.